The third-order valence-corrected chi connectivity index (χ3v) is 3.42. The Morgan fingerprint density at radius 2 is 1.70 bits per heavy atom. The van der Waals surface area contributed by atoms with E-state index < -0.39 is 17.7 Å². The number of carbonyl (C=O) groups excluding carboxylic acids is 1. The van der Waals surface area contributed by atoms with E-state index in [0.29, 0.717) is 11.1 Å². The molecule has 1 N–H and O–H groups in total. The number of hydrogen-bond donors (Lipinski definition) is 1. The molecule has 0 saturated carbocycles. The Labute approximate surface area is 140 Å². The molecular weight excluding hydrogens is 350 g/mol. The Morgan fingerprint density at radius 3 is 2.30 bits per heavy atom. The molecule has 0 aromatic heterocycles. The van der Waals surface area contributed by atoms with E-state index in [2.05, 4.69) is 5.32 Å². The zero-order chi connectivity index (χ0) is 17.0. The molecule has 2 nitrogen and oxygen atoms in total. The largest absolute Gasteiger partial charge is 0.417 e. The smallest absolute Gasteiger partial charge is 0.321 e. The van der Waals surface area contributed by atoms with Crippen molar-refractivity contribution in [1.29, 1.82) is 0 Å². The minimum Gasteiger partial charge on any atom is -0.321 e. The summed E-state index contributed by atoms with van der Waals surface area (Å²) in [5.74, 6) is -0.953. The van der Waals surface area contributed by atoms with E-state index in [1.165, 1.54) is 42.5 Å². The van der Waals surface area contributed by atoms with Gasteiger partial charge in [-0.15, -0.1) is 0 Å². The number of benzene rings is 2. The zero-order valence-corrected chi connectivity index (χ0v) is 13.0. The summed E-state index contributed by atoms with van der Waals surface area (Å²) in [5.41, 5.74) is -1.02. The van der Waals surface area contributed by atoms with Crippen molar-refractivity contribution >= 4 is 40.4 Å². The average Bonchev–Trinajstić information content (AvgIpc) is 2.48. The Kier molecular flexibility index (Phi) is 5.34. The number of amides is 1. The van der Waals surface area contributed by atoms with Gasteiger partial charge in [-0.3, -0.25) is 4.79 Å². The number of anilines is 1. The molecule has 120 valence electrons. The maximum absolute atomic E-state index is 13.2. The zero-order valence-electron chi connectivity index (χ0n) is 11.5. The molecule has 23 heavy (non-hydrogen) atoms. The van der Waals surface area contributed by atoms with Crippen LogP contribution < -0.4 is 5.32 Å². The van der Waals surface area contributed by atoms with Crippen LogP contribution in [0.1, 0.15) is 5.56 Å². The van der Waals surface area contributed by atoms with Crippen LogP contribution >= 0.6 is 23.2 Å². The van der Waals surface area contributed by atoms with Gasteiger partial charge >= 0.3 is 6.18 Å². The molecule has 0 heterocycles. The van der Waals surface area contributed by atoms with E-state index in [-0.39, 0.29) is 16.3 Å². The van der Waals surface area contributed by atoms with Gasteiger partial charge in [-0.05, 0) is 23.8 Å². The molecule has 0 aliphatic heterocycles. The van der Waals surface area contributed by atoms with Crippen LogP contribution in [0, 0.1) is 0 Å². The lowest BCUT2D eigenvalue weighted by atomic mass is 10.1. The van der Waals surface area contributed by atoms with Crippen molar-refractivity contribution in [3.63, 3.8) is 0 Å². The third kappa shape index (κ3) is 4.74. The highest BCUT2D eigenvalue weighted by molar-refractivity contribution is 6.35. The van der Waals surface area contributed by atoms with Crippen LogP contribution in [0.4, 0.5) is 18.9 Å². The molecule has 0 atom stereocenters. The van der Waals surface area contributed by atoms with Crippen LogP contribution in [0.5, 0.6) is 0 Å². The Balaban J connectivity index is 2.32. The highest BCUT2D eigenvalue weighted by atomic mass is 35.5. The average molecular weight is 360 g/mol. The summed E-state index contributed by atoms with van der Waals surface area (Å²) in [6.07, 6.45) is -4.18. The molecule has 0 saturated heterocycles. The predicted octanol–water partition coefficient (Wildman–Crippen LogP) is 5.58. The highest BCUT2D eigenvalue weighted by Crippen LogP contribution is 2.34. The number of carbonyl (C=O) groups is 1. The predicted molar refractivity (Wildman–Crippen MR) is 85.6 cm³/mol. The Bertz CT molecular complexity index is 743. The van der Waals surface area contributed by atoms with E-state index in [0.717, 1.165) is 0 Å². The first-order valence-electron chi connectivity index (χ1n) is 6.38. The quantitative estimate of drug-likeness (QED) is 0.712. The minimum atomic E-state index is -4.67. The molecule has 0 radical (unpaired) electrons. The summed E-state index contributed by atoms with van der Waals surface area (Å²) in [5, 5.41) is 2.76. The van der Waals surface area contributed by atoms with Gasteiger partial charge in [-0.2, -0.15) is 13.2 Å². The van der Waals surface area contributed by atoms with Crippen LogP contribution in [0.15, 0.2) is 54.6 Å². The number of allylic oxidation sites excluding steroid dienone is 1. The maximum Gasteiger partial charge on any atom is 0.417 e. The van der Waals surface area contributed by atoms with Crippen molar-refractivity contribution in [1.82, 2.24) is 0 Å². The number of nitrogens with one attached hydrogen (secondary N) is 1. The monoisotopic (exact) mass is 359 g/mol. The third-order valence-electron chi connectivity index (χ3n) is 2.85. The molecule has 0 aliphatic carbocycles. The van der Waals surface area contributed by atoms with Gasteiger partial charge in [0.15, 0.2) is 0 Å². The van der Waals surface area contributed by atoms with Crippen molar-refractivity contribution in [2.75, 3.05) is 5.32 Å². The van der Waals surface area contributed by atoms with Gasteiger partial charge in [-0.25, -0.2) is 0 Å². The summed E-state index contributed by atoms with van der Waals surface area (Å²) in [7, 11) is 0. The van der Waals surface area contributed by atoms with Crippen molar-refractivity contribution in [2.24, 2.45) is 0 Å². The first kappa shape index (κ1) is 17.4. The first-order chi connectivity index (χ1) is 10.8. The lowest BCUT2D eigenvalue weighted by Gasteiger charge is -2.12. The van der Waals surface area contributed by atoms with Gasteiger partial charge in [0.2, 0.25) is 5.91 Å². The van der Waals surface area contributed by atoms with Crippen LogP contribution in [0.25, 0.3) is 5.57 Å². The van der Waals surface area contributed by atoms with Gasteiger partial charge in [0, 0.05) is 11.1 Å². The standard InChI is InChI=1S/C16H10Cl2F3NO/c17-11-6-7-13(18)14(8-11)22-15(23)9-12(16(19,20)21)10-4-2-1-3-5-10/h1-9H,(H,22,23)/b12-9+. The van der Waals surface area contributed by atoms with Gasteiger partial charge < -0.3 is 5.32 Å². The molecule has 0 bridgehead atoms. The molecule has 2 aromatic rings. The Hall–Kier alpha value is -1.98. The number of rotatable bonds is 3. The van der Waals surface area contributed by atoms with Gasteiger partial charge in [0.25, 0.3) is 0 Å². The molecule has 0 fully saturated rings. The second-order valence-electron chi connectivity index (χ2n) is 4.54. The SMILES string of the molecule is O=C(/C=C(\c1ccccc1)C(F)(F)F)Nc1cc(Cl)ccc1Cl. The molecule has 2 aromatic carbocycles. The normalized spacial score (nSPS) is 12.1. The fourth-order valence-corrected chi connectivity index (χ4v) is 2.18. The number of alkyl halides is 3. The van der Waals surface area contributed by atoms with Crippen LogP contribution in [0.2, 0.25) is 10.0 Å². The molecule has 0 unspecified atom stereocenters. The topological polar surface area (TPSA) is 29.1 Å². The van der Waals surface area contributed by atoms with Crippen molar-refractivity contribution in [3.8, 4) is 0 Å². The molecular formula is C16H10Cl2F3NO. The van der Waals surface area contributed by atoms with Crippen molar-refractivity contribution < 1.29 is 18.0 Å². The molecule has 0 spiro atoms. The lowest BCUT2D eigenvalue weighted by Crippen LogP contribution is -2.16. The summed E-state index contributed by atoms with van der Waals surface area (Å²) >= 11 is 11.6. The van der Waals surface area contributed by atoms with E-state index in [4.69, 9.17) is 23.2 Å². The first-order valence-corrected chi connectivity index (χ1v) is 7.13. The minimum absolute atomic E-state index is 0.104. The molecule has 0 aliphatic rings. The van der Waals surface area contributed by atoms with Crippen LogP contribution in [0.3, 0.4) is 0 Å². The Morgan fingerprint density at radius 1 is 1.04 bits per heavy atom. The summed E-state index contributed by atoms with van der Waals surface area (Å²) in [4.78, 5) is 11.9. The second kappa shape index (κ2) is 7.06. The van der Waals surface area contributed by atoms with E-state index in [9.17, 15) is 18.0 Å². The van der Waals surface area contributed by atoms with Crippen molar-refractivity contribution in [2.45, 2.75) is 6.18 Å². The van der Waals surface area contributed by atoms with Crippen LogP contribution in [-0.2, 0) is 4.79 Å². The van der Waals surface area contributed by atoms with E-state index in [1.807, 2.05) is 0 Å². The van der Waals surface area contributed by atoms with Gasteiger partial charge in [0.05, 0.1) is 16.3 Å². The highest BCUT2D eigenvalue weighted by Gasteiger charge is 2.35. The molecule has 1 amide bonds. The van der Waals surface area contributed by atoms with E-state index in [1.54, 1.807) is 6.07 Å². The van der Waals surface area contributed by atoms with Gasteiger partial charge in [0.1, 0.15) is 0 Å². The summed E-state index contributed by atoms with van der Waals surface area (Å²) < 4.78 is 39.5. The maximum atomic E-state index is 13.2. The molecule has 7 heteroatoms. The fourth-order valence-electron chi connectivity index (χ4n) is 1.84. The number of halogens is 5. The fraction of sp³-hybridized carbons (Fsp3) is 0.0625. The molecule has 2 rings (SSSR count). The summed E-state index contributed by atoms with van der Waals surface area (Å²) in [6, 6.07) is 11.3. The van der Waals surface area contributed by atoms with Gasteiger partial charge in [-0.1, -0.05) is 53.5 Å². The van der Waals surface area contributed by atoms with Crippen LogP contribution in [-0.4, -0.2) is 12.1 Å². The van der Waals surface area contributed by atoms with Crippen molar-refractivity contribution in [3.05, 3.63) is 70.2 Å². The summed E-state index contributed by atoms with van der Waals surface area (Å²) in [6.45, 7) is 0. The number of hydrogen-bond acceptors (Lipinski definition) is 1. The second-order valence-corrected chi connectivity index (χ2v) is 5.38. The van der Waals surface area contributed by atoms with E-state index >= 15 is 0 Å². The lowest BCUT2D eigenvalue weighted by molar-refractivity contribution is -0.112.